The normalized spacial score (nSPS) is 12.6. The van der Waals surface area contributed by atoms with Crippen LogP contribution in [0.15, 0.2) is 0 Å². The molecule has 0 spiro atoms. The maximum absolute atomic E-state index is 10.8. The van der Waals surface area contributed by atoms with Crippen LogP contribution in [0.4, 0.5) is 0 Å². The van der Waals surface area contributed by atoms with Crippen LogP contribution in [0.25, 0.3) is 0 Å². The Kier molecular flexibility index (Phi) is 4.56. The van der Waals surface area contributed by atoms with E-state index in [0.717, 1.165) is 12.8 Å². The van der Waals surface area contributed by atoms with Gasteiger partial charge in [-0.15, -0.1) is 6.42 Å². The molecule has 0 aromatic heterocycles. The molecule has 1 N–H and O–H groups in total. The van der Waals surface area contributed by atoms with Crippen LogP contribution in [0.5, 0.6) is 0 Å². The predicted molar refractivity (Wildman–Crippen MR) is 43.9 cm³/mol. The Morgan fingerprint density at radius 3 is 2.27 bits per heavy atom. The first kappa shape index (κ1) is 10.2. The first-order valence-corrected chi connectivity index (χ1v) is 3.85. The molecular weight excluding hydrogens is 140 g/mol. The standard InChI is InChI=1S/C9H14O2/c1-4-7(5-2)9(11)8(10)6-3/h3,7,9,11H,4-5H2,1-2H3. The molecule has 0 radical (unpaired) electrons. The SMILES string of the molecule is C#CC(=O)C(O)C(CC)CC. The van der Waals surface area contributed by atoms with Gasteiger partial charge in [0.05, 0.1) is 0 Å². The van der Waals surface area contributed by atoms with Crippen molar-refractivity contribution in [1.82, 2.24) is 0 Å². The van der Waals surface area contributed by atoms with Crippen molar-refractivity contribution in [1.29, 1.82) is 0 Å². The fourth-order valence-corrected chi connectivity index (χ4v) is 1.03. The van der Waals surface area contributed by atoms with Crippen molar-refractivity contribution in [2.45, 2.75) is 32.8 Å². The molecule has 62 valence electrons. The number of aliphatic hydroxyl groups excluding tert-OH is 1. The van der Waals surface area contributed by atoms with Gasteiger partial charge >= 0.3 is 0 Å². The van der Waals surface area contributed by atoms with Crippen LogP contribution in [0, 0.1) is 18.3 Å². The minimum absolute atomic E-state index is 0.0125. The van der Waals surface area contributed by atoms with E-state index in [-0.39, 0.29) is 5.92 Å². The number of hydrogen-bond donors (Lipinski definition) is 1. The van der Waals surface area contributed by atoms with Crippen molar-refractivity contribution in [2.24, 2.45) is 5.92 Å². The topological polar surface area (TPSA) is 37.3 Å². The zero-order valence-corrected chi connectivity index (χ0v) is 7.00. The van der Waals surface area contributed by atoms with Crippen molar-refractivity contribution < 1.29 is 9.90 Å². The number of carbonyl (C=O) groups excluding carboxylic acids is 1. The van der Waals surface area contributed by atoms with Gasteiger partial charge < -0.3 is 5.11 Å². The van der Waals surface area contributed by atoms with Gasteiger partial charge in [-0.05, 0) is 11.8 Å². The van der Waals surface area contributed by atoms with E-state index < -0.39 is 11.9 Å². The number of ketones is 1. The van der Waals surface area contributed by atoms with Gasteiger partial charge in [-0.25, -0.2) is 0 Å². The summed E-state index contributed by atoms with van der Waals surface area (Å²) in [5.41, 5.74) is 0. The lowest BCUT2D eigenvalue weighted by molar-refractivity contribution is -0.124. The summed E-state index contributed by atoms with van der Waals surface area (Å²) in [6.07, 6.45) is 5.46. The number of carbonyl (C=O) groups is 1. The second-order valence-corrected chi connectivity index (χ2v) is 2.53. The Labute approximate surface area is 67.6 Å². The Morgan fingerprint density at radius 2 is 2.00 bits per heavy atom. The van der Waals surface area contributed by atoms with Crippen LogP contribution < -0.4 is 0 Å². The van der Waals surface area contributed by atoms with Gasteiger partial charge in [0.2, 0.25) is 5.78 Å². The average molecular weight is 154 g/mol. The summed E-state index contributed by atoms with van der Waals surface area (Å²) in [6.45, 7) is 3.86. The molecule has 11 heavy (non-hydrogen) atoms. The number of Topliss-reactive ketones (excluding diaryl/α,β-unsaturated/α-hetero) is 1. The number of rotatable bonds is 4. The minimum atomic E-state index is -0.963. The van der Waals surface area contributed by atoms with E-state index in [0.29, 0.717) is 0 Å². The predicted octanol–water partition coefficient (Wildman–Crippen LogP) is 0.986. The highest BCUT2D eigenvalue weighted by Gasteiger charge is 2.20. The van der Waals surface area contributed by atoms with Crippen LogP contribution in [0.2, 0.25) is 0 Å². The van der Waals surface area contributed by atoms with E-state index in [1.54, 1.807) is 0 Å². The van der Waals surface area contributed by atoms with E-state index in [2.05, 4.69) is 0 Å². The second-order valence-electron chi connectivity index (χ2n) is 2.53. The van der Waals surface area contributed by atoms with Crippen molar-refractivity contribution in [3.8, 4) is 12.3 Å². The summed E-state index contributed by atoms with van der Waals surface area (Å²) in [4.78, 5) is 10.8. The molecule has 0 heterocycles. The molecule has 2 nitrogen and oxygen atoms in total. The van der Waals surface area contributed by atoms with Crippen LogP contribution in [0.1, 0.15) is 26.7 Å². The maximum Gasteiger partial charge on any atom is 0.233 e. The summed E-state index contributed by atoms with van der Waals surface area (Å²) < 4.78 is 0. The van der Waals surface area contributed by atoms with E-state index in [9.17, 15) is 9.90 Å². The van der Waals surface area contributed by atoms with Crippen LogP contribution in [-0.4, -0.2) is 17.0 Å². The fraction of sp³-hybridized carbons (Fsp3) is 0.667. The molecule has 0 aromatic rings. The lowest BCUT2D eigenvalue weighted by Crippen LogP contribution is -2.27. The van der Waals surface area contributed by atoms with Crippen molar-refractivity contribution in [3.63, 3.8) is 0 Å². The molecule has 0 bridgehead atoms. The molecule has 0 aromatic carbocycles. The van der Waals surface area contributed by atoms with Gasteiger partial charge in [-0.1, -0.05) is 26.7 Å². The van der Waals surface area contributed by atoms with Gasteiger partial charge in [0.15, 0.2) is 0 Å². The Morgan fingerprint density at radius 1 is 1.55 bits per heavy atom. The molecule has 1 unspecified atom stereocenters. The fourth-order valence-electron chi connectivity index (χ4n) is 1.03. The van der Waals surface area contributed by atoms with Gasteiger partial charge in [0, 0.05) is 0 Å². The molecule has 1 atom stereocenters. The first-order valence-electron chi connectivity index (χ1n) is 3.85. The lowest BCUT2D eigenvalue weighted by atomic mass is 9.94. The largest absolute Gasteiger partial charge is 0.384 e. The smallest absolute Gasteiger partial charge is 0.233 e. The molecule has 0 saturated heterocycles. The van der Waals surface area contributed by atoms with Crippen LogP contribution >= 0.6 is 0 Å². The lowest BCUT2D eigenvalue weighted by Gasteiger charge is -2.15. The Balaban J connectivity index is 4.10. The number of aliphatic hydroxyl groups is 1. The number of hydrogen-bond acceptors (Lipinski definition) is 2. The monoisotopic (exact) mass is 154 g/mol. The summed E-state index contributed by atoms with van der Waals surface area (Å²) in [7, 11) is 0. The van der Waals surface area contributed by atoms with E-state index in [1.807, 2.05) is 19.8 Å². The highest BCUT2D eigenvalue weighted by molar-refractivity contribution is 5.98. The van der Waals surface area contributed by atoms with Gasteiger partial charge in [0.25, 0.3) is 0 Å². The summed E-state index contributed by atoms with van der Waals surface area (Å²) >= 11 is 0. The van der Waals surface area contributed by atoms with Gasteiger partial charge in [0.1, 0.15) is 6.10 Å². The summed E-state index contributed by atoms with van der Waals surface area (Å²) in [5.74, 6) is 1.44. The third kappa shape index (κ3) is 2.73. The van der Waals surface area contributed by atoms with E-state index in [1.165, 1.54) is 0 Å². The van der Waals surface area contributed by atoms with Crippen LogP contribution in [-0.2, 0) is 4.79 Å². The molecular formula is C9H14O2. The highest BCUT2D eigenvalue weighted by Crippen LogP contribution is 2.13. The molecule has 0 saturated carbocycles. The van der Waals surface area contributed by atoms with Gasteiger partial charge in [-0.2, -0.15) is 0 Å². The average Bonchev–Trinajstić information content (AvgIpc) is 2.05. The molecule has 0 rings (SSSR count). The van der Waals surface area contributed by atoms with Crippen molar-refractivity contribution in [3.05, 3.63) is 0 Å². The molecule has 0 fully saturated rings. The van der Waals surface area contributed by atoms with E-state index in [4.69, 9.17) is 6.42 Å². The molecule has 0 aliphatic heterocycles. The molecule has 0 aliphatic carbocycles. The molecule has 2 heteroatoms. The zero-order chi connectivity index (χ0) is 8.85. The first-order chi connectivity index (χ1) is 5.17. The third-order valence-corrected chi connectivity index (χ3v) is 1.91. The van der Waals surface area contributed by atoms with Crippen molar-refractivity contribution >= 4 is 5.78 Å². The van der Waals surface area contributed by atoms with Crippen LogP contribution in [0.3, 0.4) is 0 Å². The third-order valence-electron chi connectivity index (χ3n) is 1.91. The van der Waals surface area contributed by atoms with Gasteiger partial charge in [-0.3, -0.25) is 4.79 Å². The molecule has 0 aliphatic rings. The second kappa shape index (κ2) is 4.92. The Hall–Kier alpha value is -0.810. The quantitative estimate of drug-likeness (QED) is 0.484. The highest BCUT2D eigenvalue weighted by atomic mass is 16.3. The zero-order valence-electron chi connectivity index (χ0n) is 7.00. The Bertz CT molecular complexity index is 163. The van der Waals surface area contributed by atoms with Crippen molar-refractivity contribution in [2.75, 3.05) is 0 Å². The molecule has 0 amide bonds. The maximum atomic E-state index is 10.8. The minimum Gasteiger partial charge on any atom is -0.384 e. The number of terminal acetylenes is 1. The summed E-state index contributed by atoms with van der Waals surface area (Å²) in [5, 5.41) is 9.29. The summed E-state index contributed by atoms with van der Waals surface area (Å²) in [6, 6.07) is 0. The van der Waals surface area contributed by atoms with E-state index >= 15 is 0 Å².